The molecule has 1 heterocycles. The summed E-state index contributed by atoms with van der Waals surface area (Å²) < 4.78 is 0. The minimum atomic E-state index is 0.172. The molecule has 4 heteroatoms. The summed E-state index contributed by atoms with van der Waals surface area (Å²) in [6.07, 6.45) is 6.76. The fraction of sp³-hybridized carbons (Fsp3) is 0.667. The molecule has 2 rings (SSSR count). The van der Waals surface area contributed by atoms with Gasteiger partial charge < -0.3 is 5.32 Å². The second-order valence-corrected chi connectivity index (χ2v) is 7.71. The van der Waals surface area contributed by atoms with Gasteiger partial charge in [0.05, 0.1) is 0 Å². The molecule has 0 aromatic heterocycles. The quantitative estimate of drug-likeness (QED) is 0.676. The summed E-state index contributed by atoms with van der Waals surface area (Å²) in [5, 5.41) is 4.04. The van der Waals surface area contributed by atoms with Crippen LogP contribution in [0.5, 0.6) is 0 Å². The minimum Gasteiger partial charge on any atom is -0.356 e. The molecule has 140 valence electrons. The van der Waals surface area contributed by atoms with Crippen molar-refractivity contribution >= 4 is 17.5 Å². The van der Waals surface area contributed by atoms with E-state index in [1.807, 2.05) is 18.2 Å². The second-order valence-electron chi connectivity index (χ2n) is 7.30. The number of piperidine rings is 1. The summed E-state index contributed by atoms with van der Waals surface area (Å²) in [6, 6.07) is 8.03. The smallest absolute Gasteiger partial charge is 0.223 e. The van der Waals surface area contributed by atoms with Gasteiger partial charge in [0.2, 0.25) is 5.91 Å². The maximum Gasteiger partial charge on any atom is 0.223 e. The van der Waals surface area contributed by atoms with E-state index in [9.17, 15) is 4.79 Å². The molecular formula is C21H33ClN2O. The zero-order chi connectivity index (χ0) is 18.1. The number of nitrogens with one attached hydrogen (secondary N) is 1. The molecular weight excluding hydrogens is 332 g/mol. The van der Waals surface area contributed by atoms with Gasteiger partial charge in [-0.25, -0.2) is 0 Å². The van der Waals surface area contributed by atoms with E-state index in [1.54, 1.807) is 0 Å². The van der Waals surface area contributed by atoms with Crippen LogP contribution < -0.4 is 5.32 Å². The standard InChI is InChI=1S/C21H33ClN2O/c1-3-5-8-17(4-2)15-23-21(25)18-11-13-24(14-12-18)16-19-9-6-7-10-20(19)22/h6-7,9-10,17-18H,3-5,8,11-16H2,1-2H3,(H,23,25). The topological polar surface area (TPSA) is 32.3 Å². The van der Waals surface area contributed by atoms with E-state index < -0.39 is 0 Å². The highest BCUT2D eigenvalue weighted by molar-refractivity contribution is 6.31. The molecule has 1 amide bonds. The Morgan fingerprint density at radius 3 is 2.64 bits per heavy atom. The molecule has 1 aliphatic rings. The van der Waals surface area contributed by atoms with Crippen molar-refractivity contribution in [3.63, 3.8) is 0 Å². The molecule has 1 saturated heterocycles. The van der Waals surface area contributed by atoms with Crippen molar-refractivity contribution in [2.24, 2.45) is 11.8 Å². The molecule has 1 atom stereocenters. The van der Waals surface area contributed by atoms with E-state index in [0.29, 0.717) is 5.92 Å². The fourth-order valence-corrected chi connectivity index (χ4v) is 3.75. The number of amides is 1. The number of unbranched alkanes of at least 4 members (excludes halogenated alkanes) is 1. The molecule has 3 nitrogen and oxygen atoms in total. The number of carbonyl (C=O) groups excluding carboxylic acids is 1. The molecule has 0 saturated carbocycles. The van der Waals surface area contributed by atoms with Crippen LogP contribution in [0.4, 0.5) is 0 Å². The number of halogens is 1. The molecule has 0 bridgehead atoms. The number of nitrogens with zero attached hydrogens (tertiary/aromatic N) is 1. The first-order chi connectivity index (χ1) is 12.1. The average molecular weight is 365 g/mol. The first-order valence-corrected chi connectivity index (χ1v) is 10.2. The Morgan fingerprint density at radius 1 is 1.28 bits per heavy atom. The predicted molar refractivity (Wildman–Crippen MR) is 106 cm³/mol. The first-order valence-electron chi connectivity index (χ1n) is 9.87. The summed E-state index contributed by atoms with van der Waals surface area (Å²) >= 11 is 6.25. The van der Waals surface area contributed by atoms with Crippen LogP contribution in [0.25, 0.3) is 0 Å². The Morgan fingerprint density at radius 2 is 2.00 bits per heavy atom. The highest BCUT2D eigenvalue weighted by Gasteiger charge is 2.25. The van der Waals surface area contributed by atoms with Crippen LogP contribution in [0.15, 0.2) is 24.3 Å². The van der Waals surface area contributed by atoms with Gasteiger partial charge in [0.1, 0.15) is 0 Å². The Labute approximate surface area is 158 Å². The van der Waals surface area contributed by atoms with Crippen molar-refractivity contribution in [1.29, 1.82) is 0 Å². The van der Waals surface area contributed by atoms with Crippen molar-refractivity contribution in [1.82, 2.24) is 10.2 Å². The van der Waals surface area contributed by atoms with Gasteiger partial charge >= 0.3 is 0 Å². The van der Waals surface area contributed by atoms with Crippen LogP contribution >= 0.6 is 11.6 Å². The molecule has 1 aromatic carbocycles. The van der Waals surface area contributed by atoms with Crippen LogP contribution in [0.2, 0.25) is 5.02 Å². The van der Waals surface area contributed by atoms with Gasteiger partial charge in [-0.1, -0.05) is 62.9 Å². The molecule has 1 N–H and O–H groups in total. The van der Waals surface area contributed by atoms with Gasteiger partial charge in [-0.15, -0.1) is 0 Å². The summed E-state index contributed by atoms with van der Waals surface area (Å²) in [5.74, 6) is 1.06. The molecule has 1 fully saturated rings. The van der Waals surface area contributed by atoms with E-state index >= 15 is 0 Å². The maximum absolute atomic E-state index is 12.5. The van der Waals surface area contributed by atoms with Crippen LogP contribution in [0.3, 0.4) is 0 Å². The minimum absolute atomic E-state index is 0.172. The van der Waals surface area contributed by atoms with Gasteiger partial charge in [0.25, 0.3) is 0 Å². The normalized spacial score (nSPS) is 17.4. The van der Waals surface area contributed by atoms with Crippen molar-refractivity contribution < 1.29 is 4.79 Å². The van der Waals surface area contributed by atoms with E-state index in [2.05, 4.69) is 30.1 Å². The largest absolute Gasteiger partial charge is 0.356 e. The lowest BCUT2D eigenvalue weighted by atomic mass is 9.94. The summed E-state index contributed by atoms with van der Waals surface area (Å²) in [5.41, 5.74) is 1.17. The Balaban J connectivity index is 1.72. The fourth-order valence-electron chi connectivity index (χ4n) is 3.55. The molecule has 0 aliphatic carbocycles. The zero-order valence-electron chi connectivity index (χ0n) is 15.8. The zero-order valence-corrected chi connectivity index (χ0v) is 16.5. The van der Waals surface area contributed by atoms with Crippen molar-refractivity contribution in [3.05, 3.63) is 34.9 Å². The molecule has 0 spiro atoms. The number of hydrogen-bond donors (Lipinski definition) is 1. The predicted octanol–water partition coefficient (Wildman–Crippen LogP) is 4.88. The number of likely N-dealkylation sites (tertiary alicyclic amines) is 1. The summed E-state index contributed by atoms with van der Waals surface area (Å²) in [7, 11) is 0. The third-order valence-electron chi connectivity index (χ3n) is 5.42. The molecule has 1 aliphatic heterocycles. The Kier molecular flexibility index (Phi) is 8.77. The van der Waals surface area contributed by atoms with Crippen molar-refractivity contribution in [2.75, 3.05) is 19.6 Å². The van der Waals surface area contributed by atoms with E-state index in [-0.39, 0.29) is 11.8 Å². The highest BCUT2D eigenvalue weighted by atomic mass is 35.5. The Bertz CT molecular complexity index is 526. The summed E-state index contributed by atoms with van der Waals surface area (Å²) in [6.45, 7) is 8.10. The third kappa shape index (κ3) is 6.63. The third-order valence-corrected chi connectivity index (χ3v) is 5.79. The van der Waals surface area contributed by atoms with E-state index in [0.717, 1.165) is 50.5 Å². The van der Waals surface area contributed by atoms with Gasteiger partial charge in [-0.2, -0.15) is 0 Å². The van der Waals surface area contributed by atoms with E-state index in [4.69, 9.17) is 11.6 Å². The molecule has 0 radical (unpaired) electrons. The SMILES string of the molecule is CCCCC(CC)CNC(=O)C1CCN(Cc2ccccc2Cl)CC1. The summed E-state index contributed by atoms with van der Waals surface area (Å²) in [4.78, 5) is 14.9. The molecule has 1 aromatic rings. The second kappa shape index (κ2) is 10.8. The van der Waals surface area contributed by atoms with Crippen LogP contribution in [-0.4, -0.2) is 30.4 Å². The van der Waals surface area contributed by atoms with Gasteiger partial charge in [0.15, 0.2) is 0 Å². The average Bonchev–Trinajstić information content (AvgIpc) is 2.64. The van der Waals surface area contributed by atoms with E-state index in [1.165, 1.54) is 24.8 Å². The van der Waals surface area contributed by atoms with Crippen LogP contribution in [0, 0.1) is 11.8 Å². The Hall–Kier alpha value is -1.06. The van der Waals surface area contributed by atoms with Crippen LogP contribution in [-0.2, 0) is 11.3 Å². The lowest BCUT2D eigenvalue weighted by Crippen LogP contribution is -2.41. The number of benzene rings is 1. The maximum atomic E-state index is 12.5. The van der Waals surface area contributed by atoms with Gasteiger partial charge in [-0.3, -0.25) is 9.69 Å². The highest BCUT2D eigenvalue weighted by Crippen LogP contribution is 2.22. The van der Waals surface area contributed by atoms with Crippen molar-refractivity contribution in [2.45, 2.75) is 58.9 Å². The first kappa shape index (κ1) is 20.3. The monoisotopic (exact) mass is 364 g/mol. The molecule has 1 unspecified atom stereocenters. The number of carbonyl (C=O) groups is 1. The van der Waals surface area contributed by atoms with Gasteiger partial charge in [-0.05, 0) is 49.9 Å². The molecule has 25 heavy (non-hydrogen) atoms. The lowest BCUT2D eigenvalue weighted by molar-refractivity contribution is -0.126. The van der Waals surface area contributed by atoms with Gasteiger partial charge in [0, 0.05) is 24.0 Å². The lowest BCUT2D eigenvalue weighted by Gasteiger charge is -2.31. The van der Waals surface area contributed by atoms with Crippen LogP contribution in [0.1, 0.15) is 57.9 Å². The number of hydrogen-bond acceptors (Lipinski definition) is 2. The number of rotatable bonds is 9. The van der Waals surface area contributed by atoms with Crippen molar-refractivity contribution in [3.8, 4) is 0 Å².